The largest absolute Gasteiger partial charge is 0.425 e. The first-order valence-corrected chi connectivity index (χ1v) is 7.17. The molecule has 1 saturated carbocycles. The molecule has 2 rings (SSSR count). The second-order valence-corrected chi connectivity index (χ2v) is 7.45. The van der Waals surface area contributed by atoms with Crippen molar-refractivity contribution in [3.05, 3.63) is 11.6 Å². The van der Waals surface area contributed by atoms with Gasteiger partial charge in [-0.05, 0) is 47.6 Å². The van der Waals surface area contributed by atoms with E-state index in [0.717, 1.165) is 0 Å². The molecule has 0 amide bonds. The van der Waals surface area contributed by atoms with Gasteiger partial charge >= 0.3 is 5.97 Å². The zero-order valence-electron chi connectivity index (χ0n) is 14.0. The summed E-state index contributed by atoms with van der Waals surface area (Å²) in [6, 6.07) is 0. The molecule has 1 fully saturated rings. The van der Waals surface area contributed by atoms with Crippen molar-refractivity contribution >= 4 is 17.5 Å². The summed E-state index contributed by atoms with van der Waals surface area (Å²) in [6.07, 6.45) is 1.57. The van der Waals surface area contributed by atoms with Gasteiger partial charge in [0.05, 0.1) is 16.4 Å². The predicted molar refractivity (Wildman–Crippen MR) is 76.4 cm³/mol. The van der Waals surface area contributed by atoms with Crippen molar-refractivity contribution in [1.82, 2.24) is 0 Å². The average Bonchev–Trinajstić information content (AvgIpc) is 2.36. The van der Waals surface area contributed by atoms with Gasteiger partial charge in [-0.25, -0.2) is 4.89 Å². The van der Waals surface area contributed by atoms with E-state index in [4.69, 9.17) is 14.5 Å². The van der Waals surface area contributed by atoms with E-state index in [-0.39, 0.29) is 11.4 Å². The van der Waals surface area contributed by atoms with Gasteiger partial charge in [0.2, 0.25) is 0 Å². The maximum absolute atomic E-state index is 12.8. The van der Waals surface area contributed by atoms with E-state index < -0.39 is 34.0 Å². The Morgan fingerprint density at radius 1 is 1.05 bits per heavy atom. The highest BCUT2D eigenvalue weighted by Crippen LogP contribution is 2.54. The van der Waals surface area contributed by atoms with Crippen molar-refractivity contribution < 1.29 is 28.9 Å². The maximum Gasteiger partial charge on any atom is 0.305 e. The van der Waals surface area contributed by atoms with Gasteiger partial charge in [0.15, 0.2) is 11.6 Å². The number of esters is 1. The minimum Gasteiger partial charge on any atom is -0.425 e. The second kappa shape index (κ2) is 4.49. The van der Waals surface area contributed by atoms with Crippen LogP contribution in [0.2, 0.25) is 0 Å². The molecule has 22 heavy (non-hydrogen) atoms. The Hall–Kier alpha value is -1.53. The fraction of sp³-hybridized carbons (Fsp3) is 0.688. The lowest BCUT2D eigenvalue weighted by Crippen LogP contribution is -2.67. The molecule has 2 aliphatic rings. The summed E-state index contributed by atoms with van der Waals surface area (Å²) in [4.78, 5) is 47.9. The lowest BCUT2D eigenvalue weighted by molar-refractivity contribution is -0.460. The second-order valence-electron chi connectivity index (χ2n) is 7.45. The Morgan fingerprint density at radius 2 is 1.59 bits per heavy atom. The zero-order valence-corrected chi connectivity index (χ0v) is 14.0. The topological polar surface area (TPSA) is 78.9 Å². The summed E-state index contributed by atoms with van der Waals surface area (Å²) in [5.41, 5.74) is -3.23. The van der Waals surface area contributed by atoms with Gasteiger partial charge in [-0.3, -0.25) is 14.4 Å². The minimum absolute atomic E-state index is 0.147. The SMILES string of the molecule is CC(=O)OC12OOC(C)(C)C=C1C(=O)C(C)(C)C(=O)C2(C)C. The highest BCUT2D eigenvalue weighted by Gasteiger charge is 2.70. The molecule has 1 heterocycles. The van der Waals surface area contributed by atoms with Crippen molar-refractivity contribution in [3.63, 3.8) is 0 Å². The van der Waals surface area contributed by atoms with Gasteiger partial charge in [0.25, 0.3) is 5.79 Å². The fourth-order valence-corrected chi connectivity index (χ4v) is 3.11. The molecule has 0 bridgehead atoms. The molecule has 6 heteroatoms. The van der Waals surface area contributed by atoms with E-state index in [1.54, 1.807) is 47.6 Å². The van der Waals surface area contributed by atoms with E-state index in [9.17, 15) is 14.4 Å². The molecule has 0 radical (unpaired) electrons. The molecule has 6 nitrogen and oxygen atoms in total. The van der Waals surface area contributed by atoms with E-state index >= 15 is 0 Å². The molecule has 0 saturated heterocycles. The summed E-state index contributed by atoms with van der Waals surface area (Å²) >= 11 is 0. The summed E-state index contributed by atoms with van der Waals surface area (Å²) < 4.78 is 5.33. The van der Waals surface area contributed by atoms with Gasteiger partial charge < -0.3 is 4.74 Å². The molecule has 0 spiro atoms. The van der Waals surface area contributed by atoms with Crippen molar-refractivity contribution in [1.29, 1.82) is 0 Å². The van der Waals surface area contributed by atoms with Crippen LogP contribution >= 0.6 is 0 Å². The number of rotatable bonds is 1. The van der Waals surface area contributed by atoms with E-state index in [2.05, 4.69) is 0 Å². The highest BCUT2D eigenvalue weighted by atomic mass is 17.2. The van der Waals surface area contributed by atoms with Crippen LogP contribution in [0.3, 0.4) is 0 Å². The Bertz CT molecular complexity index is 596. The van der Waals surface area contributed by atoms with Crippen LogP contribution in [0.5, 0.6) is 0 Å². The molecule has 0 aromatic carbocycles. The summed E-state index contributed by atoms with van der Waals surface area (Å²) in [5.74, 6) is -3.32. The Balaban J connectivity index is 2.77. The number of hydrogen-bond acceptors (Lipinski definition) is 6. The molecule has 0 N–H and O–H groups in total. The van der Waals surface area contributed by atoms with Crippen LogP contribution in [0, 0.1) is 10.8 Å². The molecular weight excluding hydrogens is 288 g/mol. The lowest BCUT2D eigenvalue weighted by Gasteiger charge is -2.53. The normalized spacial score (nSPS) is 32.0. The van der Waals surface area contributed by atoms with Crippen molar-refractivity contribution in [2.24, 2.45) is 10.8 Å². The summed E-state index contributed by atoms with van der Waals surface area (Å²) in [5, 5.41) is 0. The smallest absolute Gasteiger partial charge is 0.305 e. The van der Waals surface area contributed by atoms with E-state index in [1.165, 1.54) is 6.92 Å². The number of Topliss-reactive ketones (excluding diaryl/α,β-unsaturated/α-hetero) is 2. The summed E-state index contributed by atoms with van der Waals surface area (Å²) in [7, 11) is 0. The van der Waals surface area contributed by atoms with Gasteiger partial charge in [-0.1, -0.05) is 0 Å². The van der Waals surface area contributed by atoms with E-state index in [0.29, 0.717) is 0 Å². The third-order valence-electron chi connectivity index (χ3n) is 4.28. The number of ketones is 2. The lowest BCUT2D eigenvalue weighted by atomic mass is 9.57. The number of hydrogen-bond donors (Lipinski definition) is 0. The van der Waals surface area contributed by atoms with Crippen LogP contribution in [0.25, 0.3) is 0 Å². The molecular formula is C16H22O6. The van der Waals surface area contributed by atoms with Gasteiger partial charge in [0, 0.05) is 6.92 Å². The highest BCUT2D eigenvalue weighted by molar-refractivity contribution is 6.19. The number of fused-ring (bicyclic) bond motifs is 1. The van der Waals surface area contributed by atoms with Crippen LogP contribution < -0.4 is 0 Å². The zero-order chi connectivity index (χ0) is 17.1. The Labute approximate surface area is 129 Å². The molecule has 1 aliphatic carbocycles. The van der Waals surface area contributed by atoms with Crippen LogP contribution in [-0.2, 0) is 28.9 Å². The first-order valence-electron chi connectivity index (χ1n) is 7.17. The predicted octanol–water partition coefficient (Wildman–Crippen LogP) is 2.12. The number of carbonyl (C=O) groups is 3. The number of ether oxygens (including phenoxy) is 1. The monoisotopic (exact) mass is 310 g/mol. The van der Waals surface area contributed by atoms with Gasteiger partial charge in [-0.15, -0.1) is 0 Å². The third-order valence-corrected chi connectivity index (χ3v) is 4.28. The first-order chi connectivity index (χ1) is 9.78. The molecule has 0 aromatic heterocycles. The van der Waals surface area contributed by atoms with Crippen molar-refractivity contribution in [3.8, 4) is 0 Å². The van der Waals surface area contributed by atoms with Crippen LogP contribution in [0.4, 0.5) is 0 Å². The first kappa shape index (κ1) is 16.8. The quantitative estimate of drug-likeness (QED) is 0.419. The fourth-order valence-electron chi connectivity index (χ4n) is 3.11. The Morgan fingerprint density at radius 3 is 2.09 bits per heavy atom. The molecule has 1 aliphatic heterocycles. The standard InChI is InChI=1S/C16H22O6/c1-9(17)20-16-10(8-13(2,3)21-22-16)11(18)14(4,5)12(19)15(16,6)7/h8H,1-7H3. The van der Waals surface area contributed by atoms with E-state index in [1.807, 2.05) is 0 Å². The van der Waals surface area contributed by atoms with Gasteiger partial charge in [0.1, 0.15) is 5.60 Å². The third kappa shape index (κ3) is 2.05. The van der Waals surface area contributed by atoms with Crippen molar-refractivity contribution in [2.45, 2.75) is 59.9 Å². The molecule has 0 aromatic rings. The number of carbonyl (C=O) groups excluding carboxylic acids is 3. The molecule has 1 unspecified atom stereocenters. The molecule has 122 valence electrons. The minimum atomic E-state index is -1.86. The average molecular weight is 310 g/mol. The van der Waals surface area contributed by atoms with Crippen LogP contribution in [0.1, 0.15) is 48.5 Å². The van der Waals surface area contributed by atoms with Crippen molar-refractivity contribution in [2.75, 3.05) is 0 Å². The van der Waals surface area contributed by atoms with Gasteiger partial charge in [-0.2, -0.15) is 4.89 Å². The Kier molecular flexibility index (Phi) is 3.43. The maximum atomic E-state index is 12.8. The van der Waals surface area contributed by atoms with Crippen LogP contribution in [0.15, 0.2) is 11.6 Å². The summed E-state index contributed by atoms with van der Waals surface area (Å²) in [6.45, 7) is 10.9. The molecule has 1 atom stereocenters. The van der Waals surface area contributed by atoms with Crippen LogP contribution in [-0.4, -0.2) is 28.9 Å².